The first kappa shape index (κ1) is 26.3. The fraction of sp³-hybridized carbons (Fsp3) is 0.571. The lowest BCUT2D eigenvalue weighted by Crippen LogP contribution is -2.33. The van der Waals surface area contributed by atoms with Gasteiger partial charge in [-0.05, 0) is 0 Å². The summed E-state index contributed by atoms with van der Waals surface area (Å²) in [4.78, 5) is 20.1. The van der Waals surface area contributed by atoms with Crippen molar-refractivity contribution >= 4 is 29.1 Å². The summed E-state index contributed by atoms with van der Waals surface area (Å²) in [7, 11) is 0. The summed E-state index contributed by atoms with van der Waals surface area (Å²) in [5, 5.41) is 60.6. The molecular weight excluding hydrogens is 506 g/mol. The van der Waals surface area contributed by atoms with Crippen molar-refractivity contribution in [1.82, 2.24) is 29.1 Å². The third-order valence-electron chi connectivity index (χ3n) is 6.53. The van der Waals surface area contributed by atoms with Crippen molar-refractivity contribution < 1.29 is 40.1 Å². The SMILES string of the molecule is Nc1ncnc2c1ncn2[C@@H]1O[C@H](CO)C[C@H]1O.OC[C@H]1O[C@@H](n2cnc3c2NC=NC[C@H]3O)[C@H](O)[C@@H]1O. The first-order valence-electron chi connectivity index (χ1n) is 11.8. The van der Waals surface area contributed by atoms with Gasteiger partial charge in [0.2, 0.25) is 0 Å². The molecule has 3 aromatic heterocycles. The molecule has 2 fully saturated rings. The molecule has 9 N–H and O–H groups in total. The summed E-state index contributed by atoms with van der Waals surface area (Å²) in [6.07, 6.45) is -0.659. The van der Waals surface area contributed by atoms with Gasteiger partial charge in [-0.1, -0.05) is 0 Å². The predicted octanol–water partition coefficient (Wildman–Crippen LogP) is -2.97. The first-order valence-corrected chi connectivity index (χ1v) is 11.8. The molecule has 0 spiro atoms. The lowest BCUT2D eigenvalue weighted by atomic mass is 10.1. The van der Waals surface area contributed by atoms with E-state index in [1.165, 1.54) is 29.9 Å². The second-order valence-corrected chi connectivity index (χ2v) is 8.99. The van der Waals surface area contributed by atoms with Gasteiger partial charge < -0.3 is 51.2 Å². The van der Waals surface area contributed by atoms with Gasteiger partial charge in [0.25, 0.3) is 0 Å². The second kappa shape index (κ2) is 10.8. The molecule has 17 nitrogen and oxygen atoms in total. The van der Waals surface area contributed by atoms with E-state index in [4.69, 9.17) is 25.4 Å². The van der Waals surface area contributed by atoms with Gasteiger partial charge in [-0.25, -0.2) is 19.9 Å². The number of nitrogens with zero attached hydrogens (tertiary/aromatic N) is 7. The summed E-state index contributed by atoms with van der Waals surface area (Å²) in [5.74, 6) is 0.721. The molecule has 3 aromatic rings. The van der Waals surface area contributed by atoms with E-state index in [1.54, 1.807) is 4.57 Å². The average molecular weight is 536 g/mol. The van der Waals surface area contributed by atoms with E-state index in [9.17, 15) is 20.4 Å². The van der Waals surface area contributed by atoms with Crippen molar-refractivity contribution in [3.05, 3.63) is 24.7 Å². The number of hydrogen-bond donors (Lipinski definition) is 8. The molecule has 8 atom stereocenters. The van der Waals surface area contributed by atoms with E-state index in [2.05, 4.69) is 30.2 Å². The molecule has 6 heterocycles. The van der Waals surface area contributed by atoms with Crippen molar-refractivity contribution in [2.75, 3.05) is 30.8 Å². The zero-order valence-corrected chi connectivity index (χ0v) is 20.0. The van der Waals surface area contributed by atoms with Crippen molar-refractivity contribution in [3.63, 3.8) is 0 Å². The number of aliphatic imine (C=N–C) groups is 1. The zero-order chi connectivity index (χ0) is 27.0. The molecule has 6 rings (SSSR count). The quantitative estimate of drug-likeness (QED) is 0.166. The molecule has 0 radical (unpaired) electrons. The van der Waals surface area contributed by atoms with Crippen LogP contribution in [0.5, 0.6) is 0 Å². The van der Waals surface area contributed by atoms with E-state index >= 15 is 0 Å². The molecule has 0 bridgehead atoms. The van der Waals surface area contributed by atoms with Crippen LogP contribution in [0.2, 0.25) is 0 Å². The lowest BCUT2D eigenvalue weighted by Gasteiger charge is -2.19. The topological polar surface area (TPSA) is 252 Å². The lowest BCUT2D eigenvalue weighted by molar-refractivity contribution is -0.0518. The van der Waals surface area contributed by atoms with Crippen LogP contribution in [-0.2, 0) is 9.47 Å². The number of aliphatic hydroxyl groups excluding tert-OH is 6. The van der Waals surface area contributed by atoms with Gasteiger partial charge in [0.1, 0.15) is 53.9 Å². The number of rotatable bonds is 4. The van der Waals surface area contributed by atoms with Gasteiger partial charge in [-0.15, -0.1) is 0 Å². The molecule has 3 aliphatic rings. The average Bonchev–Trinajstić information content (AvgIpc) is 3.66. The van der Waals surface area contributed by atoms with Crippen LogP contribution in [0.15, 0.2) is 24.0 Å². The minimum Gasteiger partial charge on any atom is -0.394 e. The number of aliphatic hydroxyl groups is 6. The van der Waals surface area contributed by atoms with Crippen LogP contribution in [0.3, 0.4) is 0 Å². The molecule has 3 aliphatic heterocycles. The maximum Gasteiger partial charge on any atom is 0.167 e. The summed E-state index contributed by atoms with van der Waals surface area (Å²) < 4.78 is 14.0. The van der Waals surface area contributed by atoms with Crippen molar-refractivity contribution in [1.29, 1.82) is 0 Å². The van der Waals surface area contributed by atoms with E-state index in [0.717, 1.165) is 0 Å². The standard InChI is InChI=1S/C11H16N4O5.C10H13N5O3/c16-2-6-8(18)9(19)11(20-6)15-4-14-7-5(17)1-12-3-13-10(7)15;11-8-7-9(13-3-12-8)15(4-14-7)10-6(17)1-5(2-16)18-10/h3-6,8-9,11,16-19H,1-2H2,(H,12,13);3-6,10,16-17H,1-2H2,(H2,11,12,13)/t5-,6-,8-,9-,11-;5-,6+,10+/m10/s1. The van der Waals surface area contributed by atoms with Crippen LogP contribution in [-0.4, -0.2) is 116 Å². The van der Waals surface area contributed by atoms with Crippen LogP contribution in [0, 0.1) is 0 Å². The highest BCUT2D eigenvalue weighted by atomic mass is 16.6. The van der Waals surface area contributed by atoms with E-state index in [-0.39, 0.29) is 25.1 Å². The number of imidazole rings is 2. The largest absolute Gasteiger partial charge is 0.394 e. The smallest absolute Gasteiger partial charge is 0.167 e. The molecule has 0 amide bonds. The Hall–Kier alpha value is -3.29. The van der Waals surface area contributed by atoms with Gasteiger partial charge in [0.05, 0.1) is 44.9 Å². The molecule has 17 heteroatoms. The number of anilines is 2. The van der Waals surface area contributed by atoms with Crippen LogP contribution in [0.4, 0.5) is 11.6 Å². The van der Waals surface area contributed by atoms with Gasteiger partial charge in [0, 0.05) is 6.42 Å². The Morgan fingerprint density at radius 2 is 1.74 bits per heavy atom. The fourth-order valence-electron chi connectivity index (χ4n) is 4.57. The second-order valence-electron chi connectivity index (χ2n) is 8.99. The summed E-state index contributed by atoms with van der Waals surface area (Å²) in [6, 6.07) is 0. The predicted molar refractivity (Wildman–Crippen MR) is 129 cm³/mol. The Labute approximate surface area is 214 Å². The highest BCUT2D eigenvalue weighted by Crippen LogP contribution is 2.35. The van der Waals surface area contributed by atoms with Gasteiger partial charge >= 0.3 is 0 Å². The number of nitrogens with one attached hydrogen (secondary N) is 1. The summed E-state index contributed by atoms with van der Waals surface area (Å²) >= 11 is 0. The Bertz CT molecular complexity index is 1280. The highest BCUT2D eigenvalue weighted by Gasteiger charge is 2.44. The van der Waals surface area contributed by atoms with Crippen LogP contribution in [0.1, 0.15) is 30.7 Å². The minimum absolute atomic E-state index is 0.128. The Morgan fingerprint density at radius 3 is 2.45 bits per heavy atom. The normalized spacial score (nSPS) is 32.5. The number of aromatic nitrogens is 6. The minimum atomic E-state index is -1.20. The number of hydrogen-bond acceptors (Lipinski definition) is 15. The summed E-state index contributed by atoms with van der Waals surface area (Å²) in [5.41, 5.74) is 7.05. The maximum absolute atomic E-state index is 10.0. The molecule has 0 saturated carbocycles. The number of nitrogen functional groups attached to an aromatic ring is 1. The van der Waals surface area contributed by atoms with Crippen molar-refractivity contribution in [2.45, 2.75) is 55.5 Å². The molecule has 0 unspecified atom stereocenters. The molecular formula is C21H29N9O8. The van der Waals surface area contributed by atoms with E-state index in [1.807, 2.05) is 0 Å². The maximum atomic E-state index is 10.0. The van der Waals surface area contributed by atoms with E-state index in [0.29, 0.717) is 29.1 Å². The fourth-order valence-corrected chi connectivity index (χ4v) is 4.57. The number of ether oxygens (including phenoxy) is 2. The molecule has 0 aliphatic carbocycles. The molecule has 206 valence electrons. The van der Waals surface area contributed by atoms with Gasteiger partial charge in [-0.2, -0.15) is 0 Å². The number of nitrogens with two attached hydrogens (primary N) is 1. The third-order valence-corrected chi connectivity index (χ3v) is 6.53. The van der Waals surface area contributed by atoms with Crippen molar-refractivity contribution in [2.24, 2.45) is 4.99 Å². The zero-order valence-electron chi connectivity index (χ0n) is 20.0. The molecule has 38 heavy (non-hydrogen) atoms. The Kier molecular flexibility index (Phi) is 7.50. The van der Waals surface area contributed by atoms with Gasteiger partial charge in [0.15, 0.2) is 23.9 Å². The first-order chi connectivity index (χ1) is 18.3. The number of fused-ring (bicyclic) bond motifs is 2. The highest BCUT2D eigenvalue weighted by molar-refractivity contribution is 5.81. The third kappa shape index (κ3) is 4.69. The van der Waals surface area contributed by atoms with Gasteiger partial charge in [-0.3, -0.25) is 14.1 Å². The Morgan fingerprint density at radius 1 is 0.947 bits per heavy atom. The van der Waals surface area contributed by atoms with Crippen LogP contribution < -0.4 is 11.1 Å². The van der Waals surface area contributed by atoms with Crippen LogP contribution >= 0.6 is 0 Å². The monoisotopic (exact) mass is 535 g/mol. The molecule has 2 saturated heterocycles. The van der Waals surface area contributed by atoms with E-state index < -0.39 is 49.6 Å². The van der Waals surface area contributed by atoms with Crippen LogP contribution in [0.25, 0.3) is 11.2 Å². The summed E-state index contributed by atoms with van der Waals surface area (Å²) in [6.45, 7) is -0.340. The Balaban J connectivity index is 0.000000156. The van der Waals surface area contributed by atoms with Crippen molar-refractivity contribution in [3.8, 4) is 0 Å². The molecule has 0 aromatic carbocycles.